The van der Waals surface area contributed by atoms with E-state index in [4.69, 9.17) is 0 Å². The van der Waals surface area contributed by atoms with Crippen LogP contribution in [0.3, 0.4) is 0 Å². The first-order valence-electron chi connectivity index (χ1n) is 8.73. The van der Waals surface area contributed by atoms with E-state index >= 15 is 0 Å². The molecule has 0 aliphatic carbocycles. The lowest BCUT2D eigenvalue weighted by atomic mass is 10.1. The summed E-state index contributed by atoms with van der Waals surface area (Å²) < 4.78 is 0. The molecule has 1 amide bonds. The minimum atomic E-state index is -0.0758. The largest absolute Gasteiger partial charge is 0.338 e. The molecule has 0 aliphatic heterocycles. The van der Waals surface area contributed by atoms with E-state index in [9.17, 15) is 4.79 Å². The zero-order valence-corrected chi connectivity index (χ0v) is 15.1. The van der Waals surface area contributed by atoms with Crippen LogP contribution in [0.1, 0.15) is 41.3 Å². The Balaban J connectivity index is 1.81. The van der Waals surface area contributed by atoms with Crippen molar-refractivity contribution in [1.29, 1.82) is 0 Å². The second-order valence-corrected chi connectivity index (χ2v) is 6.72. The number of hydrogen-bond donors (Lipinski definition) is 1. The van der Waals surface area contributed by atoms with Gasteiger partial charge in [0.05, 0.1) is 6.20 Å². The summed E-state index contributed by atoms with van der Waals surface area (Å²) in [5.74, 6) is 1.24. The third kappa shape index (κ3) is 4.75. The van der Waals surface area contributed by atoms with Crippen LogP contribution in [-0.2, 0) is 19.5 Å². The highest BCUT2D eigenvalue weighted by Gasteiger charge is 2.19. The fourth-order valence-corrected chi connectivity index (χ4v) is 2.75. The Morgan fingerprint density at radius 1 is 1.04 bits per heavy atom. The minimum Gasteiger partial charge on any atom is -0.338 e. The molecule has 0 saturated heterocycles. The van der Waals surface area contributed by atoms with E-state index in [-0.39, 0.29) is 5.91 Å². The standard InChI is InChI=1S/C20H23N5O/c1-15(2)10-19-23-12-18(24-19)20(26)25(13-16-5-8-21-9-6-16)14-17-4-3-7-22-11-17/h3-9,11-12,15H,10,13-14H2,1-2H3,(H,23,24). The molecule has 0 spiro atoms. The van der Waals surface area contributed by atoms with Crippen molar-refractivity contribution in [3.63, 3.8) is 0 Å². The Morgan fingerprint density at radius 3 is 2.50 bits per heavy atom. The predicted molar refractivity (Wildman–Crippen MR) is 99.2 cm³/mol. The van der Waals surface area contributed by atoms with Gasteiger partial charge in [0.1, 0.15) is 11.5 Å². The first-order valence-corrected chi connectivity index (χ1v) is 8.73. The number of amides is 1. The highest BCUT2D eigenvalue weighted by Crippen LogP contribution is 2.14. The Bertz CT molecular complexity index is 788. The SMILES string of the molecule is CC(C)Cc1ncc(C(=O)N(Cc2ccncc2)Cc2cccnc2)[nH]1. The van der Waals surface area contributed by atoms with E-state index < -0.39 is 0 Å². The van der Waals surface area contributed by atoms with Crippen molar-refractivity contribution in [3.05, 3.63) is 77.9 Å². The monoisotopic (exact) mass is 349 g/mol. The number of pyridine rings is 2. The quantitative estimate of drug-likeness (QED) is 0.710. The zero-order valence-electron chi connectivity index (χ0n) is 15.1. The van der Waals surface area contributed by atoms with Crippen LogP contribution in [-0.4, -0.2) is 30.7 Å². The molecule has 0 saturated carbocycles. The second-order valence-electron chi connectivity index (χ2n) is 6.72. The highest BCUT2D eigenvalue weighted by molar-refractivity contribution is 5.92. The number of nitrogens with one attached hydrogen (secondary N) is 1. The molecule has 3 aromatic rings. The summed E-state index contributed by atoms with van der Waals surface area (Å²) in [6, 6.07) is 7.68. The van der Waals surface area contributed by atoms with Crippen molar-refractivity contribution in [1.82, 2.24) is 24.8 Å². The van der Waals surface area contributed by atoms with Crippen LogP contribution in [0.4, 0.5) is 0 Å². The van der Waals surface area contributed by atoms with Crippen LogP contribution in [0.5, 0.6) is 0 Å². The number of rotatable bonds is 7. The van der Waals surface area contributed by atoms with E-state index in [0.29, 0.717) is 24.7 Å². The molecule has 1 N–H and O–H groups in total. The van der Waals surface area contributed by atoms with Crippen molar-refractivity contribution < 1.29 is 4.79 Å². The van der Waals surface area contributed by atoms with E-state index in [2.05, 4.69) is 33.8 Å². The van der Waals surface area contributed by atoms with Gasteiger partial charge in [0.25, 0.3) is 5.91 Å². The summed E-state index contributed by atoms with van der Waals surface area (Å²) >= 11 is 0. The topological polar surface area (TPSA) is 74.8 Å². The molecule has 6 heteroatoms. The van der Waals surface area contributed by atoms with Crippen molar-refractivity contribution in [2.45, 2.75) is 33.4 Å². The molecule has 0 atom stereocenters. The second kappa shape index (κ2) is 8.38. The van der Waals surface area contributed by atoms with Crippen molar-refractivity contribution in [2.75, 3.05) is 0 Å². The van der Waals surface area contributed by atoms with Crippen LogP contribution in [0.15, 0.2) is 55.2 Å². The number of hydrogen-bond acceptors (Lipinski definition) is 4. The third-order valence-corrected chi connectivity index (χ3v) is 3.97. The van der Waals surface area contributed by atoms with Gasteiger partial charge in [-0.2, -0.15) is 0 Å². The molecule has 0 bridgehead atoms. The number of aromatic amines is 1. The number of imidazole rings is 1. The van der Waals surface area contributed by atoms with Crippen LogP contribution in [0.2, 0.25) is 0 Å². The van der Waals surface area contributed by atoms with Gasteiger partial charge in [0.15, 0.2) is 0 Å². The summed E-state index contributed by atoms with van der Waals surface area (Å²) in [6.45, 7) is 5.23. The Hall–Kier alpha value is -3.02. The molecule has 0 fully saturated rings. The van der Waals surface area contributed by atoms with Gasteiger partial charge in [-0.1, -0.05) is 19.9 Å². The maximum absolute atomic E-state index is 13.1. The van der Waals surface area contributed by atoms with Gasteiger partial charge in [-0.05, 0) is 35.2 Å². The average molecular weight is 349 g/mol. The molecule has 0 unspecified atom stereocenters. The van der Waals surface area contributed by atoms with Crippen LogP contribution in [0.25, 0.3) is 0 Å². The van der Waals surface area contributed by atoms with Gasteiger partial charge >= 0.3 is 0 Å². The lowest BCUT2D eigenvalue weighted by molar-refractivity contribution is 0.0724. The lowest BCUT2D eigenvalue weighted by Gasteiger charge is -2.22. The average Bonchev–Trinajstić information content (AvgIpc) is 3.10. The van der Waals surface area contributed by atoms with Crippen LogP contribution < -0.4 is 0 Å². The summed E-state index contributed by atoms with van der Waals surface area (Å²) in [7, 11) is 0. The molecule has 0 aliphatic rings. The highest BCUT2D eigenvalue weighted by atomic mass is 16.2. The van der Waals surface area contributed by atoms with Crippen molar-refractivity contribution >= 4 is 5.91 Å². The van der Waals surface area contributed by atoms with Gasteiger partial charge in [-0.15, -0.1) is 0 Å². The molecule has 26 heavy (non-hydrogen) atoms. The van der Waals surface area contributed by atoms with Gasteiger partial charge in [0.2, 0.25) is 0 Å². The number of H-pyrrole nitrogens is 1. The molecule has 6 nitrogen and oxygen atoms in total. The van der Waals surface area contributed by atoms with E-state index in [1.54, 1.807) is 35.9 Å². The molecule has 0 radical (unpaired) electrons. The van der Waals surface area contributed by atoms with Crippen LogP contribution >= 0.6 is 0 Å². The van der Waals surface area contributed by atoms with E-state index in [0.717, 1.165) is 23.4 Å². The fraction of sp³-hybridized carbons (Fsp3) is 0.300. The normalized spacial score (nSPS) is 10.9. The molecule has 0 aromatic carbocycles. The minimum absolute atomic E-state index is 0.0758. The summed E-state index contributed by atoms with van der Waals surface area (Å²) in [5.41, 5.74) is 2.52. The van der Waals surface area contributed by atoms with E-state index in [1.165, 1.54) is 0 Å². The third-order valence-electron chi connectivity index (χ3n) is 3.97. The van der Waals surface area contributed by atoms with Crippen LogP contribution in [0, 0.1) is 5.92 Å². The Morgan fingerprint density at radius 2 is 1.81 bits per heavy atom. The molecule has 3 heterocycles. The van der Waals surface area contributed by atoms with Gasteiger partial charge in [-0.3, -0.25) is 14.8 Å². The zero-order chi connectivity index (χ0) is 18.4. The van der Waals surface area contributed by atoms with Gasteiger partial charge < -0.3 is 9.88 Å². The number of nitrogens with zero attached hydrogens (tertiary/aromatic N) is 4. The predicted octanol–water partition coefficient (Wildman–Crippen LogP) is 3.24. The first kappa shape index (κ1) is 17.8. The lowest BCUT2D eigenvalue weighted by Crippen LogP contribution is -2.30. The number of carbonyl (C=O) groups is 1. The molecular weight excluding hydrogens is 326 g/mol. The van der Waals surface area contributed by atoms with E-state index in [1.807, 2.05) is 24.3 Å². The summed E-state index contributed by atoms with van der Waals surface area (Å²) in [5, 5.41) is 0. The first-order chi connectivity index (χ1) is 12.6. The number of carbonyl (C=O) groups excluding carboxylic acids is 1. The molecule has 134 valence electrons. The summed E-state index contributed by atoms with van der Waals surface area (Å²) in [4.78, 5) is 30.6. The fourth-order valence-electron chi connectivity index (χ4n) is 2.75. The van der Waals surface area contributed by atoms with Gasteiger partial charge in [-0.25, -0.2) is 4.98 Å². The number of aromatic nitrogens is 4. The smallest absolute Gasteiger partial charge is 0.272 e. The Labute approximate surface area is 153 Å². The maximum Gasteiger partial charge on any atom is 0.272 e. The van der Waals surface area contributed by atoms with Crippen molar-refractivity contribution in [2.24, 2.45) is 5.92 Å². The van der Waals surface area contributed by atoms with Crippen molar-refractivity contribution in [3.8, 4) is 0 Å². The maximum atomic E-state index is 13.1. The molecular formula is C20H23N5O. The Kier molecular flexibility index (Phi) is 5.73. The molecule has 3 aromatic heterocycles. The molecule has 3 rings (SSSR count). The summed E-state index contributed by atoms with van der Waals surface area (Å²) in [6.07, 6.45) is 9.43. The van der Waals surface area contributed by atoms with Gasteiger partial charge in [0, 0.05) is 44.3 Å².